The van der Waals surface area contributed by atoms with Crippen LogP contribution in [-0.4, -0.2) is 9.78 Å². The van der Waals surface area contributed by atoms with Crippen molar-refractivity contribution in [2.75, 3.05) is 5.73 Å². The molecule has 1 aliphatic rings. The van der Waals surface area contributed by atoms with Gasteiger partial charge in [0.05, 0.1) is 0 Å². The van der Waals surface area contributed by atoms with Gasteiger partial charge in [-0.25, -0.2) is 4.39 Å². The van der Waals surface area contributed by atoms with Crippen molar-refractivity contribution in [3.63, 3.8) is 0 Å². The van der Waals surface area contributed by atoms with Crippen LogP contribution in [-0.2, 0) is 12.5 Å². The molecule has 14 heavy (non-hydrogen) atoms. The molecular weight excluding hydrogens is 181 g/mol. The quantitative estimate of drug-likeness (QED) is 0.786. The molecule has 2 rings (SSSR count). The number of aryl methyl sites for hydroxylation is 1. The number of nitrogens with two attached hydrogens (primary N) is 1. The lowest BCUT2D eigenvalue weighted by Gasteiger charge is -2.16. The Morgan fingerprint density at radius 3 is 2.36 bits per heavy atom. The van der Waals surface area contributed by atoms with E-state index in [0.29, 0.717) is 11.6 Å². The molecule has 0 atom stereocenters. The van der Waals surface area contributed by atoms with Gasteiger partial charge in [-0.1, -0.05) is 13.8 Å². The van der Waals surface area contributed by atoms with Gasteiger partial charge in [0.15, 0.2) is 11.6 Å². The Bertz CT molecular complexity index is 364. The van der Waals surface area contributed by atoms with E-state index in [1.165, 1.54) is 4.68 Å². The van der Waals surface area contributed by atoms with Gasteiger partial charge >= 0.3 is 0 Å². The molecule has 1 saturated carbocycles. The Kier molecular flexibility index (Phi) is 1.84. The minimum absolute atomic E-state index is 0.0422. The molecule has 0 aliphatic heterocycles. The fourth-order valence-electron chi connectivity index (χ4n) is 2.05. The molecule has 0 unspecified atom stereocenters. The second-order valence-corrected chi connectivity index (χ2v) is 4.48. The van der Waals surface area contributed by atoms with Crippen molar-refractivity contribution < 1.29 is 4.39 Å². The summed E-state index contributed by atoms with van der Waals surface area (Å²) in [6.07, 6.45) is 2.05. The van der Waals surface area contributed by atoms with Gasteiger partial charge in [0.1, 0.15) is 5.69 Å². The second-order valence-electron chi connectivity index (χ2n) is 4.48. The Morgan fingerprint density at radius 1 is 1.50 bits per heavy atom. The lowest BCUT2D eigenvalue weighted by Crippen LogP contribution is -2.17. The van der Waals surface area contributed by atoms with Crippen molar-refractivity contribution in [3.8, 4) is 0 Å². The van der Waals surface area contributed by atoms with Crippen LogP contribution in [0.5, 0.6) is 0 Å². The summed E-state index contributed by atoms with van der Waals surface area (Å²) in [5, 5.41) is 4.18. The van der Waals surface area contributed by atoms with Gasteiger partial charge in [-0.15, -0.1) is 0 Å². The normalized spacial score (nSPS) is 18.9. The van der Waals surface area contributed by atoms with Crippen LogP contribution in [0.4, 0.5) is 10.2 Å². The second kappa shape index (κ2) is 2.72. The van der Waals surface area contributed by atoms with E-state index < -0.39 is 0 Å². The minimum atomic E-state index is -0.321. The van der Waals surface area contributed by atoms with Gasteiger partial charge in [-0.2, -0.15) is 5.10 Å². The summed E-state index contributed by atoms with van der Waals surface area (Å²) in [7, 11) is 1.68. The Labute approximate surface area is 83.1 Å². The fourth-order valence-corrected chi connectivity index (χ4v) is 2.05. The van der Waals surface area contributed by atoms with E-state index in [4.69, 9.17) is 5.73 Å². The number of nitrogens with zero attached hydrogens (tertiary/aromatic N) is 2. The molecule has 0 spiro atoms. The summed E-state index contributed by atoms with van der Waals surface area (Å²) < 4.78 is 15.1. The maximum absolute atomic E-state index is 13.7. The van der Waals surface area contributed by atoms with Crippen molar-refractivity contribution in [1.82, 2.24) is 9.78 Å². The van der Waals surface area contributed by atoms with Gasteiger partial charge < -0.3 is 5.73 Å². The predicted molar refractivity (Wildman–Crippen MR) is 53.3 cm³/mol. The van der Waals surface area contributed by atoms with Crippen molar-refractivity contribution in [3.05, 3.63) is 11.5 Å². The summed E-state index contributed by atoms with van der Waals surface area (Å²) in [4.78, 5) is 0. The number of rotatable bonds is 2. The summed E-state index contributed by atoms with van der Waals surface area (Å²) in [6.45, 7) is 4.22. The Morgan fingerprint density at radius 2 is 2.07 bits per heavy atom. The van der Waals surface area contributed by atoms with E-state index in [1.807, 2.05) is 0 Å². The highest BCUT2D eigenvalue weighted by Crippen LogP contribution is 2.54. The summed E-state index contributed by atoms with van der Waals surface area (Å²) in [5.41, 5.74) is 6.07. The van der Waals surface area contributed by atoms with Crippen LogP contribution < -0.4 is 5.73 Å². The van der Waals surface area contributed by atoms with Crippen molar-refractivity contribution in [2.45, 2.75) is 32.1 Å². The van der Waals surface area contributed by atoms with Crippen LogP contribution >= 0.6 is 0 Å². The zero-order chi connectivity index (χ0) is 10.5. The molecule has 0 aromatic carbocycles. The van der Waals surface area contributed by atoms with Gasteiger partial charge in [0, 0.05) is 12.5 Å². The number of nitrogen functional groups attached to an aromatic ring is 1. The summed E-state index contributed by atoms with van der Waals surface area (Å²) >= 11 is 0. The highest BCUT2D eigenvalue weighted by Gasteiger charge is 2.51. The Hall–Kier alpha value is -1.06. The molecule has 0 saturated heterocycles. The van der Waals surface area contributed by atoms with E-state index in [1.54, 1.807) is 7.05 Å². The van der Waals surface area contributed by atoms with Gasteiger partial charge in [-0.05, 0) is 18.8 Å². The molecule has 0 radical (unpaired) electrons. The van der Waals surface area contributed by atoms with Crippen LogP contribution in [0, 0.1) is 11.7 Å². The highest BCUT2D eigenvalue weighted by atomic mass is 19.1. The molecule has 0 bridgehead atoms. The number of hydrogen-bond donors (Lipinski definition) is 1. The average molecular weight is 197 g/mol. The zero-order valence-corrected chi connectivity index (χ0v) is 8.84. The number of hydrogen-bond acceptors (Lipinski definition) is 2. The topological polar surface area (TPSA) is 43.8 Å². The Balaban J connectivity index is 2.47. The first-order chi connectivity index (χ1) is 6.49. The number of anilines is 1. The fraction of sp³-hybridized carbons (Fsp3) is 0.700. The van der Waals surface area contributed by atoms with E-state index >= 15 is 0 Å². The number of aromatic nitrogens is 2. The van der Waals surface area contributed by atoms with Crippen molar-refractivity contribution >= 4 is 5.82 Å². The molecule has 2 N–H and O–H groups in total. The van der Waals surface area contributed by atoms with Gasteiger partial charge in [0.2, 0.25) is 0 Å². The van der Waals surface area contributed by atoms with Crippen molar-refractivity contribution in [2.24, 2.45) is 13.0 Å². The zero-order valence-electron chi connectivity index (χ0n) is 8.84. The molecule has 0 amide bonds. The smallest absolute Gasteiger partial charge is 0.188 e. The maximum atomic E-state index is 13.7. The predicted octanol–water partition coefficient (Wildman–Crippen LogP) is 1.83. The van der Waals surface area contributed by atoms with Gasteiger partial charge in [-0.3, -0.25) is 4.68 Å². The van der Waals surface area contributed by atoms with E-state index in [-0.39, 0.29) is 17.1 Å². The third kappa shape index (κ3) is 1.06. The van der Waals surface area contributed by atoms with E-state index in [0.717, 1.165) is 12.8 Å². The average Bonchev–Trinajstić information content (AvgIpc) is 2.87. The van der Waals surface area contributed by atoms with E-state index in [2.05, 4.69) is 18.9 Å². The van der Waals surface area contributed by atoms with E-state index in [9.17, 15) is 4.39 Å². The van der Waals surface area contributed by atoms with Crippen LogP contribution in [0.1, 0.15) is 32.4 Å². The first-order valence-corrected chi connectivity index (χ1v) is 4.97. The maximum Gasteiger partial charge on any atom is 0.188 e. The lowest BCUT2D eigenvalue weighted by molar-refractivity contribution is 0.444. The minimum Gasteiger partial charge on any atom is -0.381 e. The summed E-state index contributed by atoms with van der Waals surface area (Å²) in [5.74, 6) is 0.247. The van der Waals surface area contributed by atoms with Crippen LogP contribution in [0.15, 0.2) is 0 Å². The molecule has 1 fully saturated rings. The third-order valence-corrected chi connectivity index (χ3v) is 3.40. The molecule has 1 aromatic heterocycles. The van der Waals surface area contributed by atoms with Crippen molar-refractivity contribution in [1.29, 1.82) is 0 Å². The van der Waals surface area contributed by atoms with Crippen LogP contribution in [0.25, 0.3) is 0 Å². The van der Waals surface area contributed by atoms with Crippen LogP contribution in [0.2, 0.25) is 0 Å². The van der Waals surface area contributed by atoms with Gasteiger partial charge in [0.25, 0.3) is 0 Å². The van der Waals surface area contributed by atoms with Crippen LogP contribution in [0.3, 0.4) is 0 Å². The molecule has 1 heterocycles. The first-order valence-electron chi connectivity index (χ1n) is 4.97. The lowest BCUT2D eigenvalue weighted by atomic mass is 9.89. The molecule has 1 aliphatic carbocycles. The largest absolute Gasteiger partial charge is 0.381 e. The third-order valence-electron chi connectivity index (χ3n) is 3.40. The molecule has 1 aromatic rings. The molecule has 4 heteroatoms. The standard InChI is InChI=1S/C10H16FN3/c1-6(2)10(4-5-10)8-7(11)9(12)14(3)13-8/h6H,4-5,12H2,1-3H3. The highest BCUT2D eigenvalue weighted by molar-refractivity contribution is 5.39. The first kappa shape index (κ1) is 9.49. The summed E-state index contributed by atoms with van der Waals surface area (Å²) in [6, 6.07) is 0. The number of halogens is 1. The molecule has 3 nitrogen and oxygen atoms in total. The SMILES string of the molecule is CC(C)C1(c2nn(C)c(N)c2F)CC1. The molecule has 78 valence electrons. The molecular formula is C10H16FN3. The monoisotopic (exact) mass is 197 g/mol.